The van der Waals surface area contributed by atoms with Crippen LogP contribution in [-0.4, -0.2) is 46.2 Å². The van der Waals surface area contributed by atoms with Crippen LogP contribution in [0.4, 0.5) is 5.69 Å². The molecular formula is C25H32N2O6. The predicted octanol–water partition coefficient (Wildman–Crippen LogP) is 3.93. The Bertz CT molecular complexity index is 1020. The molecule has 0 aliphatic carbocycles. The summed E-state index contributed by atoms with van der Waals surface area (Å²) in [5.74, 6) is 1.15. The van der Waals surface area contributed by atoms with Crippen LogP contribution in [0.2, 0.25) is 0 Å². The van der Waals surface area contributed by atoms with E-state index in [-0.39, 0.29) is 17.6 Å². The number of anilines is 1. The third kappa shape index (κ3) is 6.04. The molecular weight excluding hydrogens is 424 g/mol. The van der Waals surface area contributed by atoms with E-state index < -0.39 is 6.04 Å². The van der Waals surface area contributed by atoms with Crippen LogP contribution in [-0.2, 0) is 4.79 Å². The van der Waals surface area contributed by atoms with Gasteiger partial charge in [-0.15, -0.1) is 0 Å². The van der Waals surface area contributed by atoms with Crippen molar-refractivity contribution in [2.75, 3.05) is 33.8 Å². The highest BCUT2D eigenvalue weighted by molar-refractivity contribution is 6.11. The summed E-state index contributed by atoms with van der Waals surface area (Å²) in [4.78, 5) is 25.5. The molecule has 1 amide bonds. The van der Waals surface area contributed by atoms with Gasteiger partial charge in [-0.25, -0.2) is 0 Å². The number of hydrogen-bond acceptors (Lipinski definition) is 7. The van der Waals surface area contributed by atoms with Gasteiger partial charge in [0.1, 0.15) is 5.75 Å². The zero-order valence-corrected chi connectivity index (χ0v) is 20.1. The van der Waals surface area contributed by atoms with Gasteiger partial charge in [0.05, 0.1) is 40.2 Å². The van der Waals surface area contributed by atoms with Gasteiger partial charge in [-0.05, 0) is 54.3 Å². The van der Waals surface area contributed by atoms with Gasteiger partial charge >= 0.3 is 0 Å². The summed E-state index contributed by atoms with van der Waals surface area (Å²) in [5.41, 5.74) is 8.00. The van der Waals surface area contributed by atoms with E-state index in [1.54, 1.807) is 43.3 Å². The molecule has 0 unspecified atom stereocenters. The summed E-state index contributed by atoms with van der Waals surface area (Å²) in [5, 5.41) is 2.81. The average Bonchev–Trinajstić information content (AvgIpc) is 2.81. The maximum Gasteiger partial charge on any atom is 0.241 e. The number of nitrogens with two attached hydrogens (primary N) is 1. The third-order valence-corrected chi connectivity index (χ3v) is 5.17. The van der Waals surface area contributed by atoms with Crippen molar-refractivity contribution >= 4 is 23.5 Å². The topological polar surface area (TPSA) is 109 Å². The fourth-order valence-electron chi connectivity index (χ4n) is 3.19. The lowest BCUT2D eigenvalue weighted by Gasteiger charge is -2.17. The first-order valence-electron chi connectivity index (χ1n) is 10.4. The van der Waals surface area contributed by atoms with Gasteiger partial charge in [-0.1, -0.05) is 19.9 Å². The summed E-state index contributed by atoms with van der Waals surface area (Å²) in [7, 11) is 6.00. The van der Waals surface area contributed by atoms with Gasteiger partial charge in [0.15, 0.2) is 17.3 Å². The Morgan fingerprint density at radius 1 is 0.909 bits per heavy atom. The number of carbonyl (C=O) groups is 2. The van der Waals surface area contributed by atoms with Crippen molar-refractivity contribution in [3.05, 3.63) is 47.0 Å². The minimum atomic E-state index is -0.655. The van der Waals surface area contributed by atoms with Crippen molar-refractivity contribution in [3.8, 4) is 23.0 Å². The zero-order valence-electron chi connectivity index (χ0n) is 20.1. The molecule has 2 aromatic rings. The van der Waals surface area contributed by atoms with E-state index >= 15 is 0 Å². The second-order valence-corrected chi connectivity index (χ2v) is 7.79. The Kier molecular flexibility index (Phi) is 8.87. The van der Waals surface area contributed by atoms with Crippen molar-refractivity contribution in [2.45, 2.75) is 26.8 Å². The molecule has 0 radical (unpaired) electrons. The molecule has 0 heterocycles. The van der Waals surface area contributed by atoms with Gasteiger partial charge in [0.2, 0.25) is 11.7 Å². The number of ketones is 1. The lowest BCUT2D eigenvalue weighted by atomic mass is 10.0. The maximum atomic E-state index is 13.1. The molecule has 0 aliphatic rings. The summed E-state index contributed by atoms with van der Waals surface area (Å²) in [6.07, 6.45) is 1.73. The first kappa shape index (κ1) is 25.7. The number of ether oxygens (including phenoxy) is 4. The number of hydrogen-bond donors (Lipinski definition) is 2. The van der Waals surface area contributed by atoms with Crippen molar-refractivity contribution in [1.82, 2.24) is 0 Å². The second-order valence-electron chi connectivity index (χ2n) is 7.79. The van der Waals surface area contributed by atoms with E-state index in [0.29, 0.717) is 45.4 Å². The van der Waals surface area contributed by atoms with Crippen LogP contribution in [0.5, 0.6) is 23.0 Å². The zero-order chi connectivity index (χ0) is 24.7. The highest BCUT2D eigenvalue weighted by Gasteiger charge is 2.20. The summed E-state index contributed by atoms with van der Waals surface area (Å²) >= 11 is 0. The van der Waals surface area contributed by atoms with Gasteiger partial charge in [0, 0.05) is 5.56 Å². The molecule has 0 bridgehead atoms. The van der Waals surface area contributed by atoms with E-state index in [0.717, 1.165) is 0 Å². The van der Waals surface area contributed by atoms with Crippen LogP contribution in [0, 0.1) is 5.92 Å². The highest BCUT2D eigenvalue weighted by Crippen LogP contribution is 2.38. The third-order valence-electron chi connectivity index (χ3n) is 5.17. The summed E-state index contributed by atoms with van der Waals surface area (Å²) < 4.78 is 21.4. The first-order chi connectivity index (χ1) is 15.7. The van der Waals surface area contributed by atoms with Crippen LogP contribution < -0.4 is 30.0 Å². The largest absolute Gasteiger partial charge is 0.495 e. The number of amides is 1. The Morgan fingerprint density at radius 2 is 1.48 bits per heavy atom. The number of rotatable bonds is 10. The van der Waals surface area contributed by atoms with E-state index in [1.807, 2.05) is 13.8 Å². The van der Waals surface area contributed by atoms with Crippen LogP contribution >= 0.6 is 0 Å². The summed E-state index contributed by atoms with van der Waals surface area (Å²) in [6, 6.07) is 7.80. The first-order valence-corrected chi connectivity index (χ1v) is 10.4. The van der Waals surface area contributed by atoms with E-state index in [4.69, 9.17) is 24.7 Å². The Hall–Kier alpha value is -3.52. The fraction of sp³-hybridized carbons (Fsp3) is 0.360. The minimum Gasteiger partial charge on any atom is -0.495 e. The fourth-order valence-corrected chi connectivity index (χ4v) is 3.19. The van der Waals surface area contributed by atoms with Crippen molar-refractivity contribution in [2.24, 2.45) is 11.7 Å². The molecule has 2 aromatic carbocycles. The van der Waals surface area contributed by atoms with Gasteiger partial charge < -0.3 is 30.0 Å². The van der Waals surface area contributed by atoms with E-state index in [1.165, 1.54) is 28.4 Å². The standard InChI is InChI=1S/C25H32N2O6/c1-14(2)22(26)25(29)27-18-11-16(8-9-19(18)30-4)10-15(3)23(28)17-12-20(31-5)24(33-7)21(13-17)32-6/h8-14,22H,26H2,1-7H3,(H,27,29)/t22-/m0/s1. The summed E-state index contributed by atoms with van der Waals surface area (Å²) in [6.45, 7) is 5.46. The Labute approximate surface area is 194 Å². The lowest BCUT2D eigenvalue weighted by Crippen LogP contribution is -2.39. The normalized spacial score (nSPS) is 12.2. The monoisotopic (exact) mass is 456 g/mol. The minimum absolute atomic E-state index is 0.0163. The highest BCUT2D eigenvalue weighted by atomic mass is 16.5. The van der Waals surface area contributed by atoms with E-state index in [2.05, 4.69) is 5.32 Å². The molecule has 178 valence electrons. The molecule has 0 spiro atoms. The Morgan fingerprint density at radius 3 is 1.97 bits per heavy atom. The van der Waals surface area contributed by atoms with Gasteiger partial charge in [0.25, 0.3) is 0 Å². The second kappa shape index (κ2) is 11.4. The van der Waals surface area contributed by atoms with Gasteiger partial charge in [-0.2, -0.15) is 0 Å². The smallest absolute Gasteiger partial charge is 0.241 e. The number of carbonyl (C=O) groups excluding carboxylic acids is 2. The molecule has 0 fully saturated rings. The van der Waals surface area contributed by atoms with Gasteiger partial charge in [-0.3, -0.25) is 9.59 Å². The molecule has 0 aromatic heterocycles. The molecule has 8 heteroatoms. The molecule has 2 rings (SSSR count). The molecule has 0 aliphatic heterocycles. The molecule has 33 heavy (non-hydrogen) atoms. The quantitative estimate of drug-likeness (QED) is 0.412. The molecule has 3 N–H and O–H groups in total. The number of Topliss-reactive ketones (excluding diaryl/α,β-unsaturated/α-hetero) is 1. The molecule has 8 nitrogen and oxygen atoms in total. The average molecular weight is 457 g/mol. The maximum absolute atomic E-state index is 13.1. The predicted molar refractivity (Wildman–Crippen MR) is 129 cm³/mol. The van der Waals surface area contributed by atoms with Crippen molar-refractivity contribution in [3.63, 3.8) is 0 Å². The number of nitrogens with one attached hydrogen (secondary N) is 1. The van der Waals surface area contributed by atoms with E-state index in [9.17, 15) is 9.59 Å². The Balaban J connectivity index is 2.39. The van der Waals surface area contributed by atoms with Crippen LogP contribution in [0.25, 0.3) is 6.08 Å². The van der Waals surface area contributed by atoms with Crippen LogP contribution in [0.3, 0.4) is 0 Å². The lowest BCUT2D eigenvalue weighted by molar-refractivity contribution is -0.118. The van der Waals surface area contributed by atoms with Crippen LogP contribution in [0.15, 0.2) is 35.9 Å². The molecule has 1 atom stereocenters. The van der Waals surface area contributed by atoms with Crippen molar-refractivity contribution in [1.29, 1.82) is 0 Å². The SMILES string of the molecule is COc1ccc(C=C(C)C(=O)c2cc(OC)c(OC)c(OC)c2)cc1NC(=O)[C@@H](N)C(C)C. The molecule has 0 saturated heterocycles. The number of allylic oxidation sites excluding steroid dienone is 1. The van der Waals surface area contributed by atoms with Crippen molar-refractivity contribution < 1.29 is 28.5 Å². The number of methoxy groups -OCH3 is 4. The molecule has 0 saturated carbocycles. The number of benzene rings is 2. The van der Waals surface area contributed by atoms with Crippen LogP contribution in [0.1, 0.15) is 36.7 Å².